The van der Waals surface area contributed by atoms with Crippen molar-refractivity contribution in [3.05, 3.63) is 47.0 Å². The third kappa shape index (κ3) is 5.52. The Kier molecular flexibility index (Phi) is 6.93. The summed E-state index contributed by atoms with van der Waals surface area (Å²) >= 11 is 5.93. The quantitative estimate of drug-likeness (QED) is 0.414. The van der Waals surface area contributed by atoms with Gasteiger partial charge in [0.05, 0.1) is 13.1 Å². The Bertz CT molecular complexity index is 478. The van der Waals surface area contributed by atoms with E-state index in [-0.39, 0.29) is 5.97 Å². The van der Waals surface area contributed by atoms with E-state index >= 15 is 0 Å². The van der Waals surface area contributed by atoms with Crippen molar-refractivity contribution >= 4 is 17.6 Å². The number of quaternary nitrogens is 1. The van der Waals surface area contributed by atoms with Gasteiger partial charge in [-0.2, -0.15) is 0 Å². The van der Waals surface area contributed by atoms with Crippen molar-refractivity contribution < 1.29 is 14.0 Å². The molecule has 0 atom stereocenters. The summed E-state index contributed by atoms with van der Waals surface area (Å²) in [4.78, 5) is 11.5. The lowest BCUT2D eigenvalue weighted by atomic mass is 10.1. The molecule has 0 aromatic heterocycles. The number of benzene rings is 1. The Morgan fingerprint density at radius 2 is 1.81 bits per heavy atom. The molecule has 0 heterocycles. The molecule has 4 heteroatoms. The summed E-state index contributed by atoms with van der Waals surface area (Å²) in [6.45, 7) is 13.7. The van der Waals surface area contributed by atoms with Crippen molar-refractivity contribution in [2.24, 2.45) is 0 Å². The molecule has 21 heavy (non-hydrogen) atoms. The fourth-order valence-corrected chi connectivity index (χ4v) is 2.40. The van der Waals surface area contributed by atoms with Gasteiger partial charge in [0.15, 0.2) is 0 Å². The van der Waals surface area contributed by atoms with Crippen molar-refractivity contribution in [1.82, 2.24) is 0 Å². The molecular weight excluding hydrogens is 286 g/mol. The molecule has 0 fully saturated rings. The van der Waals surface area contributed by atoms with Gasteiger partial charge in [0.1, 0.15) is 19.7 Å². The van der Waals surface area contributed by atoms with Crippen LogP contribution in [0.4, 0.5) is 0 Å². The molecule has 0 aliphatic heterocycles. The van der Waals surface area contributed by atoms with Crippen molar-refractivity contribution in [1.29, 1.82) is 0 Å². The second-order valence-corrected chi connectivity index (χ2v) is 5.83. The SMILES string of the molecule is C=C(C)C(=O)OCC[N+](CC)(CC)Cc1ccc(Cl)cc1. The first-order valence-corrected chi connectivity index (χ1v) is 7.72. The molecule has 3 nitrogen and oxygen atoms in total. The number of likely N-dealkylation sites (N-methyl/N-ethyl adjacent to an activating group) is 1. The smallest absolute Gasteiger partial charge is 0.333 e. The number of carbonyl (C=O) groups excluding carboxylic acids is 1. The number of halogens is 1. The minimum Gasteiger partial charge on any atom is -0.456 e. The van der Waals surface area contributed by atoms with Crippen LogP contribution in [0.1, 0.15) is 26.3 Å². The zero-order chi connectivity index (χ0) is 15.9. The maximum atomic E-state index is 11.5. The van der Waals surface area contributed by atoms with Crippen molar-refractivity contribution in [3.63, 3.8) is 0 Å². The average Bonchev–Trinajstić information content (AvgIpc) is 2.48. The third-order valence-corrected chi connectivity index (χ3v) is 4.17. The van der Waals surface area contributed by atoms with Gasteiger partial charge in [0, 0.05) is 16.2 Å². The Balaban J connectivity index is 2.67. The molecule has 0 bridgehead atoms. The van der Waals surface area contributed by atoms with E-state index in [0.717, 1.165) is 35.7 Å². The number of hydrogen-bond acceptors (Lipinski definition) is 2. The van der Waals surface area contributed by atoms with Crippen molar-refractivity contribution in [3.8, 4) is 0 Å². The van der Waals surface area contributed by atoms with Crippen LogP contribution >= 0.6 is 11.6 Å². The van der Waals surface area contributed by atoms with Gasteiger partial charge in [-0.1, -0.05) is 30.3 Å². The maximum Gasteiger partial charge on any atom is 0.333 e. The molecule has 1 aromatic rings. The van der Waals surface area contributed by atoms with Gasteiger partial charge in [-0.3, -0.25) is 0 Å². The van der Waals surface area contributed by atoms with E-state index in [4.69, 9.17) is 16.3 Å². The summed E-state index contributed by atoms with van der Waals surface area (Å²) in [7, 11) is 0. The van der Waals surface area contributed by atoms with Crippen LogP contribution in [0.3, 0.4) is 0 Å². The van der Waals surface area contributed by atoms with E-state index < -0.39 is 0 Å². The fourth-order valence-electron chi connectivity index (χ4n) is 2.27. The molecule has 0 aliphatic rings. The number of nitrogens with zero attached hydrogens (tertiary/aromatic N) is 1. The van der Waals surface area contributed by atoms with E-state index in [1.165, 1.54) is 5.56 Å². The standard InChI is InChI=1S/C17H25ClNO2/c1-5-19(6-2,11-12-21-17(20)14(3)4)13-15-7-9-16(18)10-8-15/h7-10H,3,5-6,11-13H2,1-2,4H3/q+1. The normalized spacial score (nSPS) is 11.2. The predicted molar refractivity (Wildman–Crippen MR) is 87.1 cm³/mol. The van der Waals surface area contributed by atoms with E-state index in [9.17, 15) is 4.79 Å². The minimum atomic E-state index is -0.313. The first kappa shape index (κ1) is 17.7. The molecule has 0 radical (unpaired) electrons. The third-order valence-electron chi connectivity index (χ3n) is 3.92. The second kappa shape index (κ2) is 8.20. The van der Waals surface area contributed by atoms with Crippen LogP contribution in [-0.4, -0.2) is 36.7 Å². The van der Waals surface area contributed by atoms with Crippen LogP contribution in [0, 0.1) is 0 Å². The molecule has 0 saturated carbocycles. The highest BCUT2D eigenvalue weighted by molar-refractivity contribution is 6.30. The van der Waals surface area contributed by atoms with E-state index in [1.807, 2.05) is 12.1 Å². The topological polar surface area (TPSA) is 26.3 Å². The molecule has 0 unspecified atom stereocenters. The fraction of sp³-hybridized carbons (Fsp3) is 0.471. The first-order chi connectivity index (χ1) is 9.92. The lowest BCUT2D eigenvalue weighted by Crippen LogP contribution is -2.49. The molecule has 0 aliphatic carbocycles. The monoisotopic (exact) mass is 310 g/mol. The average molecular weight is 311 g/mol. The zero-order valence-corrected chi connectivity index (χ0v) is 13.9. The highest BCUT2D eigenvalue weighted by atomic mass is 35.5. The van der Waals surface area contributed by atoms with Gasteiger partial charge in [-0.25, -0.2) is 4.79 Å². The van der Waals surface area contributed by atoms with Crippen molar-refractivity contribution in [2.75, 3.05) is 26.2 Å². The molecule has 116 valence electrons. The Morgan fingerprint density at radius 3 is 2.29 bits per heavy atom. The first-order valence-electron chi connectivity index (χ1n) is 7.34. The van der Waals surface area contributed by atoms with E-state index in [2.05, 4.69) is 32.6 Å². The van der Waals surface area contributed by atoms with Gasteiger partial charge in [0.2, 0.25) is 0 Å². The maximum absolute atomic E-state index is 11.5. The Morgan fingerprint density at radius 1 is 1.24 bits per heavy atom. The molecule has 0 amide bonds. The number of esters is 1. The Labute approximate surface area is 132 Å². The van der Waals surface area contributed by atoms with Gasteiger partial charge >= 0.3 is 5.97 Å². The lowest BCUT2D eigenvalue weighted by molar-refractivity contribution is -0.937. The van der Waals surface area contributed by atoms with Crippen LogP contribution in [0.2, 0.25) is 5.02 Å². The molecule has 1 rings (SSSR count). The summed E-state index contributed by atoms with van der Waals surface area (Å²) in [5.74, 6) is -0.313. The minimum absolute atomic E-state index is 0.313. The van der Waals surface area contributed by atoms with Crippen LogP contribution in [0.15, 0.2) is 36.4 Å². The summed E-state index contributed by atoms with van der Waals surface area (Å²) < 4.78 is 6.12. The molecular formula is C17H25ClNO2+. The van der Waals surface area contributed by atoms with Crippen molar-refractivity contribution in [2.45, 2.75) is 27.3 Å². The van der Waals surface area contributed by atoms with Gasteiger partial charge in [-0.05, 0) is 32.9 Å². The largest absolute Gasteiger partial charge is 0.456 e. The molecule has 0 spiro atoms. The molecule has 0 saturated heterocycles. The lowest BCUT2D eigenvalue weighted by Gasteiger charge is -2.36. The molecule has 1 aromatic carbocycles. The number of ether oxygens (including phenoxy) is 1. The number of carbonyl (C=O) groups is 1. The summed E-state index contributed by atoms with van der Waals surface area (Å²) in [5.41, 5.74) is 1.69. The molecule has 0 N–H and O–H groups in total. The van der Waals surface area contributed by atoms with Crippen LogP contribution < -0.4 is 0 Å². The number of hydrogen-bond donors (Lipinski definition) is 0. The highest BCUT2D eigenvalue weighted by Gasteiger charge is 2.24. The summed E-state index contributed by atoms with van der Waals surface area (Å²) in [6.07, 6.45) is 0. The van der Waals surface area contributed by atoms with E-state index in [1.54, 1.807) is 6.92 Å². The van der Waals surface area contributed by atoms with Gasteiger partial charge in [0.25, 0.3) is 0 Å². The summed E-state index contributed by atoms with van der Waals surface area (Å²) in [6, 6.07) is 7.94. The number of rotatable bonds is 8. The highest BCUT2D eigenvalue weighted by Crippen LogP contribution is 2.17. The van der Waals surface area contributed by atoms with Crippen LogP contribution in [0.5, 0.6) is 0 Å². The zero-order valence-electron chi connectivity index (χ0n) is 13.2. The second-order valence-electron chi connectivity index (χ2n) is 5.40. The van der Waals surface area contributed by atoms with E-state index in [0.29, 0.717) is 12.2 Å². The Hall–Kier alpha value is -1.32. The van der Waals surface area contributed by atoms with Gasteiger partial charge < -0.3 is 9.22 Å². The van der Waals surface area contributed by atoms with Crippen LogP contribution in [0.25, 0.3) is 0 Å². The summed E-state index contributed by atoms with van der Waals surface area (Å²) in [5, 5.41) is 0.750. The van der Waals surface area contributed by atoms with Crippen LogP contribution in [-0.2, 0) is 16.1 Å². The predicted octanol–water partition coefficient (Wildman–Crippen LogP) is 3.82. The van der Waals surface area contributed by atoms with Gasteiger partial charge in [-0.15, -0.1) is 0 Å².